The van der Waals surface area contributed by atoms with Crippen LogP contribution in [0.15, 0.2) is 6.07 Å². The molecule has 262 valence electrons. The van der Waals surface area contributed by atoms with E-state index in [4.69, 9.17) is 19.9 Å². The minimum atomic E-state index is -5.02. The normalized spacial score (nSPS) is 18.8. The van der Waals surface area contributed by atoms with Gasteiger partial charge >= 0.3 is 12.2 Å². The van der Waals surface area contributed by atoms with Crippen molar-refractivity contribution in [1.29, 1.82) is 0 Å². The van der Waals surface area contributed by atoms with Crippen molar-refractivity contribution in [2.24, 2.45) is 0 Å². The maximum absolute atomic E-state index is 16.0. The van der Waals surface area contributed by atoms with E-state index in [1.807, 2.05) is 13.8 Å². The highest BCUT2D eigenvalue weighted by atomic mass is 19.4. The predicted molar refractivity (Wildman–Crippen MR) is 173 cm³/mol. The molecule has 1 saturated heterocycles. The number of likely N-dealkylation sites (tertiary alicyclic amines) is 1. The summed E-state index contributed by atoms with van der Waals surface area (Å²) in [4.78, 5) is 16.7. The second kappa shape index (κ2) is 16.5. The summed E-state index contributed by atoms with van der Waals surface area (Å²) in [5.41, 5.74) is 1.10. The van der Waals surface area contributed by atoms with E-state index in [1.54, 1.807) is 26.0 Å². The Morgan fingerprint density at radius 2 is 1.74 bits per heavy atom. The number of alkyl halides is 3. The number of ether oxygens (including phenoxy) is 3. The molecule has 0 spiro atoms. The average Bonchev–Trinajstić information content (AvgIpc) is 3.43. The highest BCUT2D eigenvalue weighted by Crippen LogP contribution is 2.45. The lowest BCUT2D eigenvalue weighted by atomic mass is 9.96. The van der Waals surface area contributed by atoms with E-state index in [1.165, 1.54) is 26.5 Å². The third-order valence-corrected chi connectivity index (χ3v) is 8.02. The highest BCUT2D eigenvalue weighted by molar-refractivity contribution is 5.97. The van der Waals surface area contributed by atoms with Crippen LogP contribution < -0.4 is 25.4 Å². The first-order chi connectivity index (χ1) is 22.3. The van der Waals surface area contributed by atoms with Gasteiger partial charge in [0.25, 0.3) is 0 Å². The van der Waals surface area contributed by atoms with E-state index in [9.17, 15) is 17.6 Å². The van der Waals surface area contributed by atoms with Crippen molar-refractivity contribution in [2.75, 3.05) is 71.7 Å². The van der Waals surface area contributed by atoms with E-state index in [0.29, 0.717) is 32.1 Å². The van der Waals surface area contributed by atoms with Crippen LogP contribution in [0, 0.1) is 18.6 Å². The number of nitrogen functional groups attached to an aromatic ring is 1. The third kappa shape index (κ3) is 8.68. The van der Waals surface area contributed by atoms with Gasteiger partial charge in [0.15, 0.2) is 5.82 Å². The molecule has 1 fully saturated rings. The van der Waals surface area contributed by atoms with Gasteiger partial charge in [0.1, 0.15) is 28.2 Å². The van der Waals surface area contributed by atoms with Crippen molar-refractivity contribution in [3.8, 4) is 23.1 Å². The number of hydrogen-bond acceptors (Lipinski definition) is 10. The first-order valence-electron chi connectivity index (χ1n) is 15.7. The summed E-state index contributed by atoms with van der Waals surface area (Å²) in [6.07, 6.45) is -2.27. The number of likely N-dealkylation sites (N-methyl/N-ethyl adjacent to an activating group) is 2. The number of methoxy groups -OCH3 is 2. The Labute approximate surface area is 272 Å². The lowest BCUT2D eigenvalue weighted by Crippen LogP contribution is -2.31. The standard InChI is InChI=1S/C23H25F5N6O2.C7H15NO.C2H6/c1-10-5-6-30-7-8-34(3)20-14-19(32-22(33-20)35-4)17(25)18(31-21(14)36-10)12-9-13(29)16(24)11(2)15(12)23(26,27)28;1-8-5-3-4-7(8)6-9-2;1-2/h9-10,30H,5-8,29H2,1-4H3;7H,3-6H2,1-2H3;1-2H3. The Kier molecular flexibility index (Phi) is 13.3. The molecule has 10 nitrogen and oxygen atoms in total. The fourth-order valence-corrected chi connectivity index (χ4v) is 5.52. The van der Waals surface area contributed by atoms with Crippen LogP contribution in [0.4, 0.5) is 33.5 Å². The van der Waals surface area contributed by atoms with E-state index in [2.05, 4.69) is 32.2 Å². The molecule has 4 heterocycles. The second-order valence-corrected chi connectivity index (χ2v) is 11.3. The van der Waals surface area contributed by atoms with Crippen LogP contribution in [0.2, 0.25) is 0 Å². The van der Waals surface area contributed by atoms with E-state index in [-0.39, 0.29) is 28.6 Å². The summed E-state index contributed by atoms with van der Waals surface area (Å²) in [7, 11) is 6.93. The summed E-state index contributed by atoms with van der Waals surface area (Å²) >= 11 is 0. The Bertz CT molecular complexity index is 1510. The largest absolute Gasteiger partial charge is 0.474 e. The predicted octanol–water partition coefficient (Wildman–Crippen LogP) is 5.84. The molecule has 0 bridgehead atoms. The number of halogens is 5. The van der Waals surface area contributed by atoms with Gasteiger partial charge in [-0.1, -0.05) is 13.8 Å². The monoisotopic (exact) mass is 671 g/mol. The molecule has 0 amide bonds. The van der Waals surface area contributed by atoms with E-state index in [0.717, 1.165) is 19.6 Å². The lowest BCUT2D eigenvalue weighted by molar-refractivity contribution is -0.137. The van der Waals surface area contributed by atoms with Crippen LogP contribution in [-0.4, -0.2) is 93.1 Å². The third-order valence-electron chi connectivity index (χ3n) is 8.02. The molecule has 2 unspecified atom stereocenters. The molecule has 0 aliphatic carbocycles. The van der Waals surface area contributed by atoms with Gasteiger partial charge in [-0.25, -0.2) is 13.8 Å². The van der Waals surface area contributed by atoms with Gasteiger partial charge in [-0.15, -0.1) is 0 Å². The van der Waals surface area contributed by atoms with Crippen molar-refractivity contribution >= 4 is 22.4 Å². The molecule has 0 radical (unpaired) electrons. The summed E-state index contributed by atoms with van der Waals surface area (Å²) < 4.78 is 88.8. The van der Waals surface area contributed by atoms with Gasteiger partial charge in [-0.05, 0) is 64.9 Å². The zero-order valence-electron chi connectivity index (χ0n) is 28.3. The maximum atomic E-state index is 16.0. The number of benzene rings is 1. The van der Waals surface area contributed by atoms with Crippen molar-refractivity contribution in [3.05, 3.63) is 28.8 Å². The summed E-state index contributed by atoms with van der Waals surface area (Å²) in [6, 6.07) is 1.21. The van der Waals surface area contributed by atoms with E-state index >= 15 is 4.39 Å². The average molecular weight is 672 g/mol. The Hall–Kier alpha value is -3.56. The summed E-state index contributed by atoms with van der Waals surface area (Å²) in [5.74, 6) is -2.35. The Balaban J connectivity index is 0.000000466. The minimum Gasteiger partial charge on any atom is -0.474 e. The topological polar surface area (TPSA) is 111 Å². The van der Waals surface area contributed by atoms with Crippen LogP contribution in [0.5, 0.6) is 11.9 Å². The number of aromatic nitrogens is 3. The molecule has 2 aliphatic heterocycles. The molecule has 5 rings (SSSR count). The number of nitrogens with two attached hydrogens (primary N) is 1. The van der Waals surface area contributed by atoms with Gasteiger partial charge in [-0.2, -0.15) is 23.1 Å². The molecule has 1 aromatic carbocycles. The molecule has 2 atom stereocenters. The van der Waals surface area contributed by atoms with Gasteiger partial charge in [0.05, 0.1) is 31.1 Å². The molecule has 0 saturated carbocycles. The molecule has 3 N–H and O–H groups in total. The van der Waals surface area contributed by atoms with Crippen molar-refractivity contribution in [1.82, 2.24) is 25.2 Å². The SMILES string of the molecule is CC.COCC1CCCN1C.COc1nc2c3c(nc(-c4cc(N)c(F)c(C)c4C(F)(F)F)c(F)c3n1)OC(C)CCNCCN2C. The van der Waals surface area contributed by atoms with E-state index < -0.39 is 52.0 Å². The Morgan fingerprint density at radius 1 is 1.04 bits per heavy atom. The maximum Gasteiger partial charge on any atom is 0.417 e. The number of nitrogens with one attached hydrogen (secondary N) is 1. The smallest absolute Gasteiger partial charge is 0.417 e. The highest BCUT2D eigenvalue weighted by Gasteiger charge is 2.39. The number of rotatable bonds is 4. The summed E-state index contributed by atoms with van der Waals surface area (Å²) in [6.45, 7) is 10.5. The molecular weight excluding hydrogens is 625 g/mol. The second-order valence-electron chi connectivity index (χ2n) is 11.3. The number of nitrogens with zero attached hydrogens (tertiary/aromatic N) is 5. The van der Waals surface area contributed by atoms with Crippen LogP contribution in [0.25, 0.3) is 22.2 Å². The van der Waals surface area contributed by atoms with Gasteiger partial charge < -0.3 is 35.1 Å². The van der Waals surface area contributed by atoms with Crippen LogP contribution in [-0.2, 0) is 10.9 Å². The van der Waals surface area contributed by atoms with Crippen LogP contribution in [0.1, 0.15) is 51.2 Å². The lowest BCUT2D eigenvalue weighted by Gasteiger charge is -2.23. The molecule has 47 heavy (non-hydrogen) atoms. The van der Waals surface area contributed by atoms with Crippen molar-refractivity contribution in [2.45, 2.75) is 65.3 Å². The van der Waals surface area contributed by atoms with Gasteiger partial charge in [-0.3, -0.25) is 0 Å². The molecule has 2 aromatic heterocycles. The number of hydrogen-bond donors (Lipinski definition) is 2. The van der Waals surface area contributed by atoms with Gasteiger partial charge in [0, 0.05) is 38.9 Å². The van der Waals surface area contributed by atoms with Gasteiger partial charge in [0.2, 0.25) is 5.88 Å². The van der Waals surface area contributed by atoms with Crippen molar-refractivity contribution < 1.29 is 36.2 Å². The van der Waals surface area contributed by atoms with Crippen LogP contribution >= 0.6 is 0 Å². The number of pyridine rings is 1. The molecule has 15 heteroatoms. The molecular formula is C32H46F5N7O3. The zero-order valence-corrected chi connectivity index (χ0v) is 28.3. The first kappa shape index (κ1) is 37.9. The molecule has 2 aliphatic rings. The first-order valence-corrected chi connectivity index (χ1v) is 15.7. The van der Waals surface area contributed by atoms with Crippen LogP contribution in [0.3, 0.4) is 0 Å². The quantitative estimate of drug-likeness (QED) is 0.259. The molecule has 3 aromatic rings. The summed E-state index contributed by atoms with van der Waals surface area (Å²) in [5, 5.41) is 3.33. The minimum absolute atomic E-state index is 0.0775. The fraction of sp³-hybridized carbons (Fsp3) is 0.594. The fourth-order valence-electron chi connectivity index (χ4n) is 5.52. The van der Waals surface area contributed by atoms with Crippen molar-refractivity contribution in [3.63, 3.8) is 0 Å². The number of anilines is 2. The zero-order chi connectivity index (χ0) is 35.1. The Morgan fingerprint density at radius 3 is 2.34 bits per heavy atom.